The molecule has 1 aliphatic rings. The van der Waals surface area contributed by atoms with Crippen molar-refractivity contribution in [2.24, 2.45) is 5.92 Å². The first-order valence-corrected chi connectivity index (χ1v) is 6.25. The van der Waals surface area contributed by atoms with E-state index in [0.717, 1.165) is 23.8 Å². The van der Waals surface area contributed by atoms with E-state index in [1.165, 1.54) is 25.7 Å². The Balaban J connectivity index is 2.07. The average molecular weight is 240 g/mol. The standard InChI is InChI=1S/C12H18ClN3/c1-9-7-14-12(13)15-11(9)16(2)8-10-5-3-4-6-10/h7,10H,3-6,8H2,1-2H3. The van der Waals surface area contributed by atoms with Gasteiger partial charge >= 0.3 is 0 Å². The van der Waals surface area contributed by atoms with Gasteiger partial charge in [-0.1, -0.05) is 12.8 Å². The highest BCUT2D eigenvalue weighted by Gasteiger charge is 2.18. The summed E-state index contributed by atoms with van der Waals surface area (Å²) in [5.41, 5.74) is 1.09. The van der Waals surface area contributed by atoms with Crippen LogP contribution >= 0.6 is 11.6 Å². The van der Waals surface area contributed by atoms with E-state index >= 15 is 0 Å². The molecule has 1 aromatic rings. The summed E-state index contributed by atoms with van der Waals surface area (Å²) in [6, 6.07) is 0. The molecule has 3 nitrogen and oxygen atoms in total. The Morgan fingerprint density at radius 1 is 1.44 bits per heavy atom. The van der Waals surface area contributed by atoms with Gasteiger partial charge in [-0.15, -0.1) is 0 Å². The molecule has 16 heavy (non-hydrogen) atoms. The Kier molecular flexibility index (Phi) is 3.64. The lowest BCUT2D eigenvalue weighted by Crippen LogP contribution is -2.25. The van der Waals surface area contributed by atoms with Gasteiger partial charge in [-0.25, -0.2) is 9.97 Å². The predicted molar refractivity (Wildman–Crippen MR) is 67.0 cm³/mol. The van der Waals surface area contributed by atoms with Crippen molar-refractivity contribution in [2.75, 3.05) is 18.5 Å². The maximum atomic E-state index is 5.83. The third-order valence-corrected chi connectivity index (χ3v) is 3.47. The highest BCUT2D eigenvalue weighted by atomic mass is 35.5. The molecule has 0 N–H and O–H groups in total. The fraction of sp³-hybridized carbons (Fsp3) is 0.667. The van der Waals surface area contributed by atoms with Crippen LogP contribution in [-0.2, 0) is 0 Å². The highest BCUT2D eigenvalue weighted by Crippen LogP contribution is 2.27. The lowest BCUT2D eigenvalue weighted by molar-refractivity contribution is 0.544. The van der Waals surface area contributed by atoms with Crippen LogP contribution in [-0.4, -0.2) is 23.6 Å². The van der Waals surface area contributed by atoms with Crippen molar-refractivity contribution in [3.63, 3.8) is 0 Å². The zero-order chi connectivity index (χ0) is 11.5. The van der Waals surface area contributed by atoms with Crippen LogP contribution in [0.25, 0.3) is 0 Å². The molecule has 1 heterocycles. The van der Waals surface area contributed by atoms with Crippen LogP contribution in [0.15, 0.2) is 6.20 Å². The normalized spacial score (nSPS) is 16.7. The smallest absolute Gasteiger partial charge is 0.224 e. The second-order valence-electron chi connectivity index (χ2n) is 4.68. The molecule has 0 aliphatic heterocycles. The molecule has 0 saturated heterocycles. The highest BCUT2D eigenvalue weighted by molar-refractivity contribution is 6.28. The van der Waals surface area contributed by atoms with Gasteiger partial charge in [-0.05, 0) is 37.3 Å². The number of aromatic nitrogens is 2. The molecule has 1 aromatic heterocycles. The van der Waals surface area contributed by atoms with Gasteiger partial charge in [0.2, 0.25) is 5.28 Å². The molecule has 1 saturated carbocycles. The fourth-order valence-electron chi connectivity index (χ4n) is 2.47. The summed E-state index contributed by atoms with van der Waals surface area (Å²) in [5, 5.41) is 0.332. The van der Waals surface area contributed by atoms with Crippen LogP contribution in [0.4, 0.5) is 5.82 Å². The van der Waals surface area contributed by atoms with Gasteiger partial charge in [0.05, 0.1) is 0 Å². The molecule has 0 bridgehead atoms. The van der Waals surface area contributed by atoms with Gasteiger partial charge in [0.25, 0.3) is 0 Å². The monoisotopic (exact) mass is 239 g/mol. The summed E-state index contributed by atoms with van der Waals surface area (Å²) in [6.45, 7) is 3.10. The third-order valence-electron chi connectivity index (χ3n) is 3.28. The summed E-state index contributed by atoms with van der Waals surface area (Å²) in [5.74, 6) is 1.78. The van der Waals surface area contributed by atoms with Crippen LogP contribution in [0, 0.1) is 12.8 Å². The lowest BCUT2D eigenvalue weighted by atomic mass is 10.1. The topological polar surface area (TPSA) is 29.0 Å². The molecule has 0 aromatic carbocycles. The molecule has 0 atom stereocenters. The minimum absolute atomic E-state index is 0.332. The molecular weight excluding hydrogens is 222 g/mol. The quantitative estimate of drug-likeness (QED) is 0.760. The van der Waals surface area contributed by atoms with Crippen molar-refractivity contribution in [3.8, 4) is 0 Å². The molecule has 0 radical (unpaired) electrons. The zero-order valence-corrected chi connectivity index (χ0v) is 10.7. The van der Waals surface area contributed by atoms with Crippen LogP contribution in [0.1, 0.15) is 31.2 Å². The summed E-state index contributed by atoms with van der Waals surface area (Å²) in [6.07, 6.45) is 7.24. The van der Waals surface area contributed by atoms with Gasteiger partial charge in [0.15, 0.2) is 0 Å². The molecule has 88 valence electrons. The average Bonchev–Trinajstić information content (AvgIpc) is 2.74. The predicted octanol–water partition coefficient (Wildman–Crippen LogP) is 3.06. The van der Waals surface area contributed by atoms with E-state index in [4.69, 9.17) is 11.6 Å². The number of hydrogen-bond acceptors (Lipinski definition) is 3. The van der Waals surface area contributed by atoms with Crippen LogP contribution in [0.2, 0.25) is 5.28 Å². The Hall–Kier alpha value is -0.830. The second kappa shape index (κ2) is 5.00. The Bertz CT molecular complexity index is 361. The number of hydrogen-bond donors (Lipinski definition) is 0. The number of aryl methyl sites for hydroxylation is 1. The molecule has 0 unspecified atom stereocenters. The van der Waals surface area contributed by atoms with Gasteiger partial charge in [-0.3, -0.25) is 0 Å². The number of rotatable bonds is 3. The summed E-state index contributed by atoms with van der Waals surface area (Å²) in [4.78, 5) is 10.5. The van der Waals surface area contributed by atoms with Gasteiger partial charge in [0, 0.05) is 25.4 Å². The van der Waals surface area contributed by atoms with Crippen LogP contribution < -0.4 is 4.90 Å². The van der Waals surface area contributed by atoms with Gasteiger partial charge < -0.3 is 4.90 Å². The first-order valence-electron chi connectivity index (χ1n) is 5.87. The first-order chi connectivity index (χ1) is 7.66. The third kappa shape index (κ3) is 2.64. The van der Waals surface area contributed by atoms with Crippen LogP contribution in [0.3, 0.4) is 0 Å². The minimum Gasteiger partial charge on any atom is -0.359 e. The Labute approximate surface area is 102 Å². The van der Waals surface area contributed by atoms with E-state index in [1.54, 1.807) is 6.20 Å². The number of anilines is 1. The van der Waals surface area contributed by atoms with E-state index in [-0.39, 0.29) is 0 Å². The van der Waals surface area contributed by atoms with E-state index in [0.29, 0.717) is 5.28 Å². The molecule has 2 rings (SSSR count). The maximum absolute atomic E-state index is 5.83. The van der Waals surface area contributed by atoms with Crippen molar-refractivity contribution in [1.82, 2.24) is 9.97 Å². The zero-order valence-electron chi connectivity index (χ0n) is 9.91. The van der Waals surface area contributed by atoms with E-state index in [1.807, 2.05) is 6.92 Å². The van der Waals surface area contributed by atoms with Gasteiger partial charge in [-0.2, -0.15) is 0 Å². The van der Waals surface area contributed by atoms with Crippen molar-refractivity contribution in [3.05, 3.63) is 17.0 Å². The van der Waals surface area contributed by atoms with Crippen molar-refractivity contribution in [2.45, 2.75) is 32.6 Å². The minimum atomic E-state index is 0.332. The van der Waals surface area contributed by atoms with Crippen LogP contribution in [0.5, 0.6) is 0 Å². The maximum Gasteiger partial charge on any atom is 0.224 e. The fourth-order valence-corrected chi connectivity index (χ4v) is 2.59. The largest absolute Gasteiger partial charge is 0.359 e. The number of nitrogens with zero attached hydrogens (tertiary/aromatic N) is 3. The van der Waals surface area contributed by atoms with Crippen molar-refractivity contribution < 1.29 is 0 Å². The molecular formula is C12H18ClN3. The van der Waals surface area contributed by atoms with Gasteiger partial charge in [0.1, 0.15) is 5.82 Å². The molecule has 4 heteroatoms. The summed E-state index contributed by atoms with van der Waals surface area (Å²) in [7, 11) is 2.09. The van der Waals surface area contributed by atoms with E-state index < -0.39 is 0 Å². The van der Waals surface area contributed by atoms with E-state index in [2.05, 4.69) is 21.9 Å². The SMILES string of the molecule is Cc1cnc(Cl)nc1N(C)CC1CCCC1. The molecule has 1 aliphatic carbocycles. The summed E-state index contributed by atoms with van der Waals surface area (Å²) < 4.78 is 0. The molecule has 1 fully saturated rings. The molecule has 0 spiro atoms. The Morgan fingerprint density at radius 2 is 2.12 bits per heavy atom. The number of halogens is 1. The Morgan fingerprint density at radius 3 is 2.81 bits per heavy atom. The summed E-state index contributed by atoms with van der Waals surface area (Å²) >= 11 is 5.83. The first kappa shape index (κ1) is 11.6. The lowest BCUT2D eigenvalue weighted by Gasteiger charge is -2.23. The molecule has 0 amide bonds. The van der Waals surface area contributed by atoms with Crippen molar-refractivity contribution >= 4 is 17.4 Å². The van der Waals surface area contributed by atoms with Crippen molar-refractivity contribution in [1.29, 1.82) is 0 Å². The second-order valence-corrected chi connectivity index (χ2v) is 5.01. The van der Waals surface area contributed by atoms with E-state index in [9.17, 15) is 0 Å².